The summed E-state index contributed by atoms with van der Waals surface area (Å²) in [6.45, 7) is 10.3. The Morgan fingerprint density at radius 2 is 1.00 bits per heavy atom. The third-order valence-electron chi connectivity index (χ3n) is 8.58. The molecular weight excluding hydrogens is 630 g/mol. The van der Waals surface area contributed by atoms with E-state index in [-0.39, 0.29) is 5.56 Å². The van der Waals surface area contributed by atoms with Crippen LogP contribution in [0.2, 0.25) is 5.72 Å². The average molecular weight is 659 g/mol. The van der Waals surface area contributed by atoms with Crippen molar-refractivity contribution >= 4 is 24.2 Å². The van der Waals surface area contributed by atoms with E-state index in [1.165, 1.54) is 72.7 Å². The van der Waals surface area contributed by atoms with Gasteiger partial charge in [0.25, 0.3) is 5.54 Å². The zero-order chi connectivity index (χ0) is 34.7. The molecule has 0 amide bonds. The molecule has 3 nitrogen and oxygen atoms in total. The lowest BCUT2D eigenvalue weighted by Crippen LogP contribution is -2.69. The molecule has 1 saturated heterocycles. The van der Waals surface area contributed by atoms with Crippen molar-refractivity contribution in [2.24, 2.45) is 0 Å². The summed E-state index contributed by atoms with van der Waals surface area (Å²) in [4.78, 5) is 4.04. The fourth-order valence-electron chi connectivity index (χ4n) is 5.59. The third kappa shape index (κ3) is 5.79. The van der Waals surface area contributed by atoms with Crippen molar-refractivity contribution in [2.75, 3.05) is 0 Å². The van der Waals surface area contributed by atoms with Crippen LogP contribution in [-0.2, 0) is 15.7 Å². The Balaban J connectivity index is 2.36. The molecule has 0 radical (unpaired) electrons. The predicted molar refractivity (Wildman–Crippen MR) is 154 cm³/mol. The Hall–Kier alpha value is -3.50. The minimum Gasteiger partial charge on any atom is -0.405 e. The molecule has 1 aliphatic heterocycles. The van der Waals surface area contributed by atoms with Crippen molar-refractivity contribution in [2.45, 2.75) is 77.3 Å². The quantitative estimate of drug-likeness (QED) is 0.118. The fourth-order valence-corrected chi connectivity index (χ4v) is 5.59. The van der Waals surface area contributed by atoms with Crippen LogP contribution in [0.25, 0.3) is 4.85 Å². The summed E-state index contributed by atoms with van der Waals surface area (Å²) in [5, 5.41) is 0. The summed E-state index contributed by atoms with van der Waals surface area (Å²) in [7, 11) is -1.82. The molecule has 3 aromatic rings. The summed E-state index contributed by atoms with van der Waals surface area (Å²) >= 11 is 0. The monoisotopic (exact) mass is 659 g/mol. The number of hydrogen-bond donors (Lipinski definition) is 0. The van der Waals surface area contributed by atoms with Gasteiger partial charge in [0.2, 0.25) is 6.15 Å². The zero-order valence-electron chi connectivity index (χ0n) is 25.9. The molecular formula is C31H29B2F10NO2. The van der Waals surface area contributed by atoms with Crippen LogP contribution in [0.3, 0.4) is 0 Å². The van der Waals surface area contributed by atoms with Crippen molar-refractivity contribution in [1.82, 2.24) is 0 Å². The van der Waals surface area contributed by atoms with Gasteiger partial charge in [0.05, 0.1) is 17.2 Å². The average Bonchev–Trinajstić information content (AvgIpc) is 3.20. The summed E-state index contributed by atoms with van der Waals surface area (Å²) < 4.78 is 165. The molecule has 46 heavy (non-hydrogen) atoms. The van der Waals surface area contributed by atoms with Crippen LogP contribution < -0.4 is 10.9 Å². The maximum Gasteiger partial charge on any atom is 0.426 e. The van der Waals surface area contributed by atoms with Crippen LogP contribution in [0.15, 0.2) is 30.3 Å². The highest BCUT2D eigenvalue weighted by Crippen LogP contribution is 2.44. The van der Waals surface area contributed by atoms with E-state index in [1.807, 2.05) is 0 Å². The lowest BCUT2D eigenvalue weighted by molar-refractivity contribution is 0.00578. The van der Waals surface area contributed by atoms with Crippen LogP contribution in [0, 0.1) is 64.1 Å². The molecule has 0 N–H and O–H groups in total. The molecule has 0 spiro atoms. The lowest BCUT2D eigenvalue weighted by Gasteiger charge is -2.42. The van der Waals surface area contributed by atoms with Gasteiger partial charge in [-0.15, -0.1) is 21.5 Å². The van der Waals surface area contributed by atoms with E-state index in [0.717, 1.165) is 0 Å². The maximum atomic E-state index is 16.1. The van der Waals surface area contributed by atoms with Crippen molar-refractivity contribution in [1.29, 1.82) is 0 Å². The van der Waals surface area contributed by atoms with Crippen molar-refractivity contribution in [3.8, 4) is 5.97 Å². The lowest BCUT2D eigenvalue weighted by atomic mass is 9.08. The number of nitrogens with zero attached hydrogens (tertiary/aromatic N) is 1. The zero-order valence-corrected chi connectivity index (χ0v) is 25.9. The SMILES string of the molecule is CC(C)(C)[N+]#C[B-](c1c(F)c(F)c(F)c(F)c1F)(c1c(F)c(F)c(F)c(F)c1F)[C@@H](Cc1ccccc1)B1OC(C)(C)C(C)(C)O1. The Morgan fingerprint density at radius 1 is 0.652 bits per heavy atom. The molecule has 3 aromatic carbocycles. The number of benzene rings is 3. The molecule has 1 heterocycles. The van der Waals surface area contributed by atoms with Crippen molar-refractivity contribution in [3.63, 3.8) is 0 Å². The molecule has 1 fully saturated rings. The van der Waals surface area contributed by atoms with E-state index in [1.54, 1.807) is 6.07 Å². The number of hydrogen-bond acceptors (Lipinski definition) is 2. The van der Waals surface area contributed by atoms with Crippen molar-refractivity contribution < 1.29 is 53.2 Å². The normalized spacial score (nSPS) is 16.8. The van der Waals surface area contributed by atoms with Crippen LogP contribution in [0.1, 0.15) is 54.0 Å². The van der Waals surface area contributed by atoms with Gasteiger partial charge in [0.1, 0.15) is 23.3 Å². The molecule has 15 heteroatoms. The second-order valence-electron chi connectivity index (χ2n) is 13.3. The van der Waals surface area contributed by atoms with Gasteiger partial charge in [-0.3, -0.25) is 0 Å². The van der Waals surface area contributed by atoms with Gasteiger partial charge in [-0.1, -0.05) is 42.3 Å². The molecule has 246 valence electrons. The largest absolute Gasteiger partial charge is 0.426 e. The second kappa shape index (κ2) is 11.9. The first kappa shape index (κ1) is 35.4. The minimum atomic E-state index is -4.66. The van der Waals surface area contributed by atoms with Crippen LogP contribution in [-0.4, -0.2) is 30.0 Å². The first-order valence-corrected chi connectivity index (χ1v) is 14.2. The summed E-state index contributed by atoms with van der Waals surface area (Å²) in [6, 6.07) is 7.51. The summed E-state index contributed by atoms with van der Waals surface area (Å²) in [5.41, 5.74) is -9.46. The van der Waals surface area contributed by atoms with Gasteiger partial charge in [-0.25, -0.2) is 43.9 Å². The first-order chi connectivity index (χ1) is 21.1. The van der Waals surface area contributed by atoms with Crippen molar-refractivity contribution in [3.05, 3.63) is 98.9 Å². The Morgan fingerprint density at radius 3 is 1.35 bits per heavy atom. The van der Waals surface area contributed by atoms with Crippen LogP contribution in [0.4, 0.5) is 43.9 Å². The minimum absolute atomic E-state index is 0.249. The van der Waals surface area contributed by atoms with Gasteiger partial charge in [0, 0.05) is 20.8 Å². The Bertz CT molecular complexity index is 1610. The smallest absolute Gasteiger partial charge is 0.405 e. The molecule has 0 aromatic heterocycles. The van der Waals surface area contributed by atoms with E-state index in [9.17, 15) is 8.78 Å². The van der Waals surface area contributed by atoms with Gasteiger partial charge >= 0.3 is 7.12 Å². The molecule has 1 atom stereocenters. The van der Waals surface area contributed by atoms with E-state index in [2.05, 4.69) is 10.8 Å². The molecule has 0 aliphatic carbocycles. The molecule has 0 unspecified atom stereocenters. The van der Waals surface area contributed by atoms with Gasteiger partial charge < -0.3 is 9.31 Å². The highest BCUT2D eigenvalue weighted by atomic mass is 19.2. The van der Waals surface area contributed by atoms with E-state index in [4.69, 9.17) is 9.31 Å². The highest BCUT2D eigenvalue weighted by molar-refractivity contribution is 7.13. The van der Waals surface area contributed by atoms with E-state index >= 15 is 35.1 Å². The van der Waals surface area contributed by atoms with Crippen LogP contribution >= 0.6 is 0 Å². The van der Waals surface area contributed by atoms with Gasteiger partial charge in [-0.2, -0.15) is 0 Å². The van der Waals surface area contributed by atoms with Gasteiger partial charge in [0.15, 0.2) is 34.9 Å². The first-order valence-electron chi connectivity index (χ1n) is 14.2. The van der Waals surface area contributed by atoms with Gasteiger partial charge in [-0.05, 0) is 27.7 Å². The third-order valence-corrected chi connectivity index (χ3v) is 8.58. The molecule has 0 bridgehead atoms. The Labute approximate surface area is 259 Å². The van der Waals surface area contributed by atoms with E-state index in [0.29, 0.717) is 0 Å². The van der Waals surface area contributed by atoms with E-state index < -0.39 is 111 Å². The predicted octanol–water partition coefficient (Wildman–Crippen LogP) is 7.56. The molecule has 0 saturated carbocycles. The standard InChI is InChI=1S/C31H29B2F10NO2/c1-29(2,3)44-14-33(17-19(34)23(38)27(42)24(39)20(17)35,18-21(36)25(40)28(43)26(41)22(18)37)16(13-15-11-9-8-10-12-15)32-45-30(4,5)31(6,7)46-32/h8-12,16H,13H2,1-7H3/t16-/m0/s1. The maximum absolute atomic E-state index is 16.1. The number of rotatable bonds is 6. The number of halogens is 10. The summed E-state index contributed by atoms with van der Waals surface area (Å²) in [5.74, 6) is -23.5. The fraction of sp³-hybridized carbons (Fsp3) is 0.387. The topological polar surface area (TPSA) is 22.8 Å². The highest BCUT2D eigenvalue weighted by Gasteiger charge is 2.61. The molecule has 4 rings (SSSR count). The molecule has 1 aliphatic rings. The second-order valence-corrected chi connectivity index (χ2v) is 13.3. The van der Waals surface area contributed by atoms with Crippen LogP contribution in [0.5, 0.6) is 0 Å². The summed E-state index contributed by atoms with van der Waals surface area (Å²) in [6.07, 6.45) is -5.24. The Kier molecular flexibility index (Phi) is 9.18.